The van der Waals surface area contributed by atoms with Gasteiger partial charge in [-0.1, -0.05) is 6.07 Å². The van der Waals surface area contributed by atoms with E-state index in [9.17, 15) is 19.2 Å². The fourth-order valence-electron chi connectivity index (χ4n) is 7.24. The van der Waals surface area contributed by atoms with Crippen molar-refractivity contribution in [3.63, 3.8) is 0 Å². The largest absolute Gasteiger partial charge is 0.489 e. The fraction of sp³-hybridized carbons (Fsp3) is 0.471. The summed E-state index contributed by atoms with van der Waals surface area (Å²) in [6.07, 6.45) is 3.87. The van der Waals surface area contributed by atoms with Gasteiger partial charge < -0.3 is 19.1 Å². The summed E-state index contributed by atoms with van der Waals surface area (Å²) in [5.74, 6) is 0.0624. The van der Waals surface area contributed by atoms with Crippen LogP contribution in [0.3, 0.4) is 0 Å². The van der Waals surface area contributed by atoms with Gasteiger partial charge in [0, 0.05) is 81.9 Å². The monoisotopic (exact) mass is 614 g/mol. The Balaban J connectivity index is 1.01. The Labute approximate surface area is 261 Å². The second kappa shape index (κ2) is 12.4. The molecule has 0 aliphatic carbocycles. The first-order valence-electron chi connectivity index (χ1n) is 15.8. The molecule has 0 unspecified atom stereocenters. The maximum Gasteiger partial charge on any atom is 0.255 e. The molecule has 3 fully saturated rings. The van der Waals surface area contributed by atoms with Gasteiger partial charge in [0.2, 0.25) is 17.7 Å². The first-order valence-corrected chi connectivity index (χ1v) is 15.8. The van der Waals surface area contributed by atoms with Crippen LogP contribution in [0.15, 0.2) is 48.7 Å². The van der Waals surface area contributed by atoms with Crippen LogP contribution in [-0.2, 0) is 32.2 Å². The number of nitrogens with zero attached hydrogens (tertiary/aromatic N) is 3. The Morgan fingerprint density at radius 2 is 1.87 bits per heavy atom. The average molecular weight is 615 g/mol. The van der Waals surface area contributed by atoms with Gasteiger partial charge in [0.1, 0.15) is 17.9 Å². The van der Waals surface area contributed by atoms with Crippen molar-refractivity contribution in [2.75, 3.05) is 40.0 Å². The SMILES string of the molecule is COC[C@@H]1CN(Cc2ccc3c(ccn3C(=O)C3CCOCC3)c2)C[C@H]1Oc1ccc2c(c1)CN([C@H]1CCC(=O)NC1=O)C2=O. The molecule has 3 saturated heterocycles. The van der Waals surface area contributed by atoms with E-state index in [1.54, 1.807) is 22.6 Å². The van der Waals surface area contributed by atoms with Crippen LogP contribution in [-0.4, -0.2) is 90.2 Å². The van der Waals surface area contributed by atoms with Gasteiger partial charge in [0.25, 0.3) is 5.91 Å². The third kappa shape index (κ3) is 5.87. The second-order valence-corrected chi connectivity index (χ2v) is 12.6. The lowest BCUT2D eigenvalue weighted by atomic mass is 9.99. The lowest BCUT2D eigenvalue weighted by Gasteiger charge is -2.29. The quantitative estimate of drug-likeness (QED) is 0.385. The number of rotatable bonds is 8. The van der Waals surface area contributed by atoms with Gasteiger partial charge in [-0.3, -0.25) is 34.0 Å². The molecule has 5 heterocycles. The number of methoxy groups -OCH3 is 1. The van der Waals surface area contributed by atoms with Crippen molar-refractivity contribution in [1.82, 2.24) is 19.7 Å². The van der Waals surface area contributed by atoms with Crippen molar-refractivity contribution in [3.05, 3.63) is 65.4 Å². The van der Waals surface area contributed by atoms with E-state index in [1.165, 1.54) is 5.56 Å². The molecule has 1 aromatic heterocycles. The standard InChI is InChI=1S/C34H38N4O7/c1-43-20-25-17-36(16-21-2-5-28-23(14-21)8-11-37(28)33(41)22-9-12-44-13-10-22)19-30(25)45-26-3-4-27-24(15-26)18-38(34(27)42)29-6-7-31(39)35-32(29)40/h2-5,8,11,14-15,22,25,29-30H,6-7,9-10,12-13,16-20H2,1H3,(H,35,39,40)/t25-,29-,30+/m0/s1. The van der Waals surface area contributed by atoms with Crippen molar-refractivity contribution in [2.24, 2.45) is 11.8 Å². The Bertz CT molecular complexity index is 1640. The van der Waals surface area contributed by atoms with E-state index < -0.39 is 11.9 Å². The molecule has 3 aromatic rings. The molecule has 11 nitrogen and oxygen atoms in total. The van der Waals surface area contributed by atoms with Crippen molar-refractivity contribution in [3.8, 4) is 5.75 Å². The van der Waals surface area contributed by atoms with E-state index in [0.717, 1.165) is 42.4 Å². The summed E-state index contributed by atoms with van der Waals surface area (Å²) in [4.78, 5) is 54.1. The molecule has 45 heavy (non-hydrogen) atoms. The zero-order valence-electron chi connectivity index (χ0n) is 25.4. The number of nitrogens with one attached hydrogen (secondary N) is 1. The third-order valence-corrected chi connectivity index (χ3v) is 9.59. The molecule has 4 aliphatic rings. The molecular weight excluding hydrogens is 576 g/mol. The number of carbonyl (C=O) groups is 4. The molecule has 2 aromatic carbocycles. The van der Waals surface area contributed by atoms with Gasteiger partial charge in [0.05, 0.1) is 12.1 Å². The highest BCUT2D eigenvalue weighted by molar-refractivity contribution is 6.05. The molecule has 1 N–H and O–H groups in total. The molecule has 3 atom stereocenters. The van der Waals surface area contributed by atoms with Crippen LogP contribution in [0.25, 0.3) is 10.9 Å². The number of hydrogen-bond acceptors (Lipinski definition) is 8. The summed E-state index contributed by atoms with van der Waals surface area (Å²) in [5, 5.41) is 3.40. The third-order valence-electron chi connectivity index (χ3n) is 9.59. The summed E-state index contributed by atoms with van der Waals surface area (Å²) < 4.78 is 19.3. The number of carbonyl (C=O) groups excluding carboxylic acids is 4. The highest BCUT2D eigenvalue weighted by Crippen LogP contribution is 2.32. The maximum absolute atomic E-state index is 13.1. The van der Waals surface area contributed by atoms with E-state index in [0.29, 0.717) is 50.6 Å². The summed E-state index contributed by atoms with van der Waals surface area (Å²) in [7, 11) is 1.70. The fourth-order valence-corrected chi connectivity index (χ4v) is 7.24. The number of benzene rings is 2. The molecule has 7 rings (SSSR count). The Hall–Kier alpha value is -4.06. The molecule has 0 bridgehead atoms. The smallest absolute Gasteiger partial charge is 0.255 e. The molecule has 0 saturated carbocycles. The average Bonchev–Trinajstić information content (AvgIpc) is 3.72. The van der Waals surface area contributed by atoms with Gasteiger partial charge in [-0.25, -0.2) is 0 Å². The van der Waals surface area contributed by atoms with Crippen LogP contribution in [0.1, 0.15) is 52.0 Å². The second-order valence-electron chi connectivity index (χ2n) is 12.6. The Kier molecular flexibility index (Phi) is 8.15. The zero-order chi connectivity index (χ0) is 31.1. The Morgan fingerprint density at radius 3 is 2.67 bits per heavy atom. The normalized spacial score (nSPS) is 24.3. The molecule has 0 radical (unpaired) electrons. The summed E-state index contributed by atoms with van der Waals surface area (Å²) in [6, 6.07) is 13.2. The van der Waals surface area contributed by atoms with Crippen LogP contribution >= 0.6 is 0 Å². The molecule has 11 heteroatoms. The van der Waals surface area contributed by atoms with Gasteiger partial charge >= 0.3 is 0 Å². The van der Waals surface area contributed by atoms with Gasteiger partial charge in [-0.15, -0.1) is 0 Å². The van der Waals surface area contributed by atoms with E-state index >= 15 is 0 Å². The molecule has 236 valence electrons. The number of amides is 3. The first-order chi connectivity index (χ1) is 21.9. The summed E-state index contributed by atoms with van der Waals surface area (Å²) >= 11 is 0. The van der Waals surface area contributed by atoms with Crippen LogP contribution in [0, 0.1) is 11.8 Å². The number of fused-ring (bicyclic) bond motifs is 2. The molecule has 4 aliphatic heterocycles. The zero-order valence-corrected chi connectivity index (χ0v) is 25.4. The summed E-state index contributed by atoms with van der Waals surface area (Å²) in [5.41, 5.74) is 3.48. The lowest BCUT2D eigenvalue weighted by Crippen LogP contribution is -2.52. The maximum atomic E-state index is 13.1. The minimum atomic E-state index is -0.647. The first kappa shape index (κ1) is 29.6. The van der Waals surface area contributed by atoms with Gasteiger partial charge in [0.15, 0.2) is 0 Å². The predicted octanol–water partition coefficient (Wildman–Crippen LogP) is 2.99. The van der Waals surface area contributed by atoms with Crippen LogP contribution in [0.5, 0.6) is 5.75 Å². The van der Waals surface area contributed by atoms with Gasteiger partial charge in [-0.2, -0.15) is 0 Å². The number of imide groups is 1. The number of hydrogen-bond donors (Lipinski definition) is 1. The highest BCUT2D eigenvalue weighted by atomic mass is 16.5. The van der Waals surface area contributed by atoms with E-state index in [1.807, 2.05) is 30.5 Å². The van der Waals surface area contributed by atoms with Crippen molar-refractivity contribution < 1.29 is 33.4 Å². The lowest BCUT2D eigenvalue weighted by molar-refractivity contribution is -0.136. The molecular formula is C34H38N4O7. The van der Waals surface area contributed by atoms with Crippen LogP contribution in [0.2, 0.25) is 0 Å². The van der Waals surface area contributed by atoms with Gasteiger partial charge in [-0.05, 0) is 66.8 Å². The van der Waals surface area contributed by atoms with Crippen LogP contribution < -0.4 is 10.1 Å². The predicted molar refractivity (Wildman–Crippen MR) is 164 cm³/mol. The van der Waals surface area contributed by atoms with Crippen molar-refractivity contribution in [1.29, 1.82) is 0 Å². The Morgan fingerprint density at radius 1 is 1.02 bits per heavy atom. The van der Waals surface area contributed by atoms with E-state index in [-0.39, 0.29) is 42.1 Å². The minimum absolute atomic E-state index is 0.00344. The number of likely N-dealkylation sites (tertiary alicyclic amines) is 1. The van der Waals surface area contributed by atoms with Crippen molar-refractivity contribution in [2.45, 2.75) is 50.9 Å². The number of ether oxygens (including phenoxy) is 3. The molecule has 0 spiro atoms. The molecule has 3 amide bonds. The van der Waals surface area contributed by atoms with Crippen LogP contribution in [0.4, 0.5) is 0 Å². The van der Waals surface area contributed by atoms with E-state index in [4.69, 9.17) is 14.2 Å². The van der Waals surface area contributed by atoms with E-state index in [2.05, 4.69) is 22.3 Å². The summed E-state index contributed by atoms with van der Waals surface area (Å²) in [6.45, 7) is 4.42. The van der Waals surface area contributed by atoms with Crippen molar-refractivity contribution >= 4 is 34.5 Å². The topological polar surface area (TPSA) is 119 Å². The number of aromatic nitrogens is 1. The number of piperidine rings is 1. The highest BCUT2D eigenvalue weighted by Gasteiger charge is 2.40. The minimum Gasteiger partial charge on any atom is -0.489 e.